The van der Waals surface area contributed by atoms with Crippen molar-refractivity contribution in [1.82, 2.24) is 4.31 Å². The van der Waals surface area contributed by atoms with Crippen LogP contribution in [-0.4, -0.2) is 47.9 Å². The number of nitro groups is 1. The van der Waals surface area contributed by atoms with E-state index in [0.717, 1.165) is 24.0 Å². The van der Waals surface area contributed by atoms with Gasteiger partial charge >= 0.3 is 5.69 Å². The maximum atomic E-state index is 12.4. The summed E-state index contributed by atoms with van der Waals surface area (Å²) in [6.07, 6.45) is 2.61. The third-order valence-corrected chi connectivity index (χ3v) is 5.79. The van der Waals surface area contributed by atoms with Crippen molar-refractivity contribution in [3.8, 4) is 5.75 Å². The molecule has 7 nitrogen and oxygen atoms in total. The Morgan fingerprint density at radius 1 is 1.48 bits per heavy atom. The Morgan fingerprint density at radius 3 is 2.62 bits per heavy atom. The van der Waals surface area contributed by atoms with Crippen molar-refractivity contribution < 1.29 is 18.4 Å². The Hall–Kier alpha value is -1.32. The lowest BCUT2D eigenvalue weighted by atomic mass is 10.3. The van der Waals surface area contributed by atoms with E-state index in [-0.39, 0.29) is 10.9 Å². The van der Waals surface area contributed by atoms with Gasteiger partial charge in [-0.2, -0.15) is 16.1 Å². The van der Waals surface area contributed by atoms with E-state index in [1.54, 1.807) is 18.7 Å². The average Bonchev–Trinajstić information content (AvgIpc) is 2.43. The number of sulfonamides is 1. The van der Waals surface area contributed by atoms with E-state index in [4.69, 9.17) is 0 Å². The molecule has 0 saturated carbocycles. The second kappa shape index (κ2) is 7.10. The molecule has 0 amide bonds. The van der Waals surface area contributed by atoms with Gasteiger partial charge in [0.15, 0.2) is 5.75 Å². The Kier molecular flexibility index (Phi) is 5.99. The third kappa shape index (κ3) is 4.08. The number of phenolic OH excluding ortho intramolecular Hbond substituents is 1. The van der Waals surface area contributed by atoms with Crippen LogP contribution in [0.15, 0.2) is 23.1 Å². The first-order valence-corrected chi connectivity index (χ1v) is 8.99. The lowest BCUT2D eigenvalue weighted by Gasteiger charge is -2.24. The molecular weight excluding hydrogens is 316 g/mol. The van der Waals surface area contributed by atoms with Crippen LogP contribution in [0, 0.1) is 10.1 Å². The molecule has 1 N–H and O–H groups in total. The summed E-state index contributed by atoms with van der Waals surface area (Å²) in [5.74, 6) is 0.258. The number of benzene rings is 1. The number of nitro benzene ring substituents is 1. The van der Waals surface area contributed by atoms with Crippen LogP contribution in [-0.2, 0) is 10.0 Å². The SMILES string of the molecule is CSCCC(C)N(C)S(=O)(=O)c1ccc(O)c([N+](=O)[O-])c1. The molecule has 0 aliphatic rings. The zero-order chi connectivity index (χ0) is 16.2. The van der Waals surface area contributed by atoms with E-state index in [0.29, 0.717) is 6.42 Å². The van der Waals surface area contributed by atoms with Crippen molar-refractivity contribution in [1.29, 1.82) is 0 Å². The van der Waals surface area contributed by atoms with Crippen LogP contribution in [0.3, 0.4) is 0 Å². The summed E-state index contributed by atoms with van der Waals surface area (Å²) in [5, 5.41) is 20.2. The maximum Gasteiger partial charge on any atom is 0.312 e. The first-order chi connectivity index (χ1) is 9.71. The van der Waals surface area contributed by atoms with Crippen molar-refractivity contribution in [3.05, 3.63) is 28.3 Å². The van der Waals surface area contributed by atoms with E-state index < -0.39 is 26.4 Å². The van der Waals surface area contributed by atoms with E-state index in [2.05, 4.69) is 0 Å². The predicted molar refractivity (Wildman–Crippen MR) is 82.2 cm³/mol. The van der Waals surface area contributed by atoms with Gasteiger partial charge in [0.2, 0.25) is 10.0 Å². The number of hydrogen-bond acceptors (Lipinski definition) is 6. The highest BCUT2D eigenvalue weighted by Crippen LogP contribution is 2.30. The molecule has 0 spiro atoms. The largest absolute Gasteiger partial charge is 0.502 e. The van der Waals surface area contributed by atoms with Crippen molar-refractivity contribution in [2.24, 2.45) is 0 Å². The molecule has 118 valence electrons. The van der Waals surface area contributed by atoms with Gasteiger partial charge in [0.05, 0.1) is 9.82 Å². The molecule has 0 heterocycles. The summed E-state index contributed by atoms with van der Waals surface area (Å²) in [4.78, 5) is 9.76. The highest BCUT2D eigenvalue weighted by molar-refractivity contribution is 7.98. The molecule has 0 aromatic heterocycles. The summed E-state index contributed by atoms with van der Waals surface area (Å²) in [7, 11) is -2.39. The Bertz CT molecular complexity index is 618. The van der Waals surface area contributed by atoms with Crippen molar-refractivity contribution >= 4 is 27.5 Å². The van der Waals surface area contributed by atoms with Crippen LogP contribution in [0.5, 0.6) is 5.75 Å². The predicted octanol–water partition coefficient (Wildman–Crippen LogP) is 2.06. The first kappa shape index (κ1) is 17.7. The molecule has 0 bridgehead atoms. The molecule has 21 heavy (non-hydrogen) atoms. The number of thioether (sulfide) groups is 1. The molecule has 0 fully saturated rings. The van der Waals surface area contributed by atoms with Gasteiger partial charge < -0.3 is 5.11 Å². The van der Waals surface area contributed by atoms with Crippen LogP contribution in [0.25, 0.3) is 0 Å². The van der Waals surface area contributed by atoms with E-state index in [1.807, 2.05) is 6.26 Å². The maximum absolute atomic E-state index is 12.4. The molecule has 0 aliphatic carbocycles. The summed E-state index contributed by atoms with van der Waals surface area (Å²) in [6, 6.07) is 2.83. The standard InChI is InChI=1S/C12H18N2O5S2/c1-9(6-7-20-3)13(2)21(18,19)10-4-5-12(15)11(8-10)14(16)17/h4-5,8-9,15H,6-7H2,1-3H3. The summed E-state index contributed by atoms with van der Waals surface area (Å²) in [6.45, 7) is 1.78. The smallest absolute Gasteiger partial charge is 0.312 e. The number of nitrogens with zero attached hydrogens (tertiary/aromatic N) is 2. The van der Waals surface area contributed by atoms with Crippen LogP contribution in [0.1, 0.15) is 13.3 Å². The van der Waals surface area contributed by atoms with Crippen LogP contribution < -0.4 is 0 Å². The minimum atomic E-state index is -3.83. The van der Waals surface area contributed by atoms with Gasteiger partial charge in [-0.3, -0.25) is 10.1 Å². The number of phenols is 1. The zero-order valence-electron chi connectivity index (χ0n) is 12.0. The Morgan fingerprint density at radius 2 is 2.10 bits per heavy atom. The van der Waals surface area contributed by atoms with Gasteiger partial charge in [0.25, 0.3) is 0 Å². The highest BCUT2D eigenvalue weighted by atomic mass is 32.2. The monoisotopic (exact) mass is 334 g/mol. The van der Waals surface area contributed by atoms with E-state index >= 15 is 0 Å². The second-order valence-corrected chi connectivity index (χ2v) is 7.54. The molecular formula is C12H18N2O5S2. The molecule has 0 radical (unpaired) electrons. The third-order valence-electron chi connectivity index (χ3n) is 3.18. The Labute approximate surface area is 128 Å². The normalized spacial score (nSPS) is 13.3. The number of aromatic hydroxyl groups is 1. The van der Waals surface area contributed by atoms with Crippen molar-refractivity contribution in [3.63, 3.8) is 0 Å². The second-order valence-electron chi connectivity index (χ2n) is 4.56. The van der Waals surface area contributed by atoms with E-state index in [9.17, 15) is 23.6 Å². The summed E-state index contributed by atoms with van der Waals surface area (Å²) in [5.41, 5.74) is -0.624. The fourth-order valence-electron chi connectivity index (χ4n) is 1.68. The highest BCUT2D eigenvalue weighted by Gasteiger charge is 2.27. The summed E-state index contributed by atoms with van der Waals surface area (Å²) < 4.78 is 26.1. The van der Waals surface area contributed by atoms with Crippen LogP contribution >= 0.6 is 11.8 Å². The zero-order valence-corrected chi connectivity index (χ0v) is 13.6. The fourth-order valence-corrected chi connectivity index (χ4v) is 3.67. The van der Waals surface area contributed by atoms with E-state index in [1.165, 1.54) is 11.4 Å². The molecule has 1 aromatic carbocycles. The van der Waals surface area contributed by atoms with Gasteiger partial charge in [0.1, 0.15) is 0 Å². The molecule has 1 atom stereocenters. The minimum Gasteiger partial charge on any atom is -0.502 e. The van der Waals surface area contributed by atoms with Crippen LogP contribution in [0.4, 0.5) is 5.69 Å². The van der Waals surface area contributed by atoms with Gasteiger partial charge in [-0.25, -0.2) is 8.42 Å². The molecule has 9 heteroatoms. The lowest BCUT2D eigenvalue weighted by Crippen LogP contribution is -2.35. The number of rotatable bonds is 7. The molecule has 1 unspecified atom stereocenters. The topological polar surface area (TPSA) is 101 Å². The Balaban J connectivity index is 3.13. The quantitative estimate of drug-likeness (QED) is 0.605. The minimum absolute atomic E-state index is 0.203. The number of hydrogen-bond donors (Lipinski definition) is 1. The van der Waals surface area contributed by atoms with Crippen molar-refractivity contribution in [2.45, 2.75) is 24.3 Å². The van der Waals surface area contributed by atoms with Gasteiger partial charge in [-0.05, 0) is 37.5 Å². The summed E-state index contributed by atoms with van der Waals surface area (Å²) >= 11 is 1.62. The van der Waals surface area contributed by atoms with Gasteiger partial charge in [-0.15, -0.1) is 0 Å². The molecule has 0 saturated heterocycles. The van der Waals surface area contributed by atoms with Gasteiger partial charge in [0, 0.05) is 19.2 Å². The molecule has 1 rings (SSSR count). The first-order valence-electron chi connectivity index (χ1n) is 6.16. The van der Waals surface area contributed by atoms with Gasteiger partial charge in [-0.1, -0.05) is 0 Å². The average molecular weight is 334 g/mol. The van der Waals surface area contributed by atoms with Crippen LogP contribution in [0.2, 0.25) is 0 Å². The lowest BCUT2D eigenvalue weighted by molar-refractivity contribution is -0.386. The fraction of sp³-hybridized carbons (Fsp3) is 0.500. The van der Waals surface area contributed by atoms with Crippen molar-refractivity contribution in [2.75, 3.05) is 19.1 Å². The molecule has 0 aliphatic heterocycles. The molecule has 1 aromatic rings.